The minimum Gasteiger partial charge on any atom is -0.378 e. The van der Waals surface area contributed by atoms with Crippen LogP contribution in [0.3, 0.4) is 0 Å². The summed E-state index contributed by atoms with van der Waals surface area (Å²) in [7, 11) is 0. The SMILES string of the molecule is O=c1cccc(C(O)C(F)(F)F)[nH]1. The molecule has 0 saturated heterocycles. The maximum absolute atomic E-state index is 11.9. The number of H-pyrrole nitrogens is 1. The first kappa shape index (κ1) is 9.79. The molecule has 1 unspecified atom stereocenters. The van der Waals surface area contributed by atoms with E-state index in [9.17, 15) is 18.0 Å². The number of halogens is 3. The van der Waals surface area contributed by atoms with Crippen LogP contribution in [0.25, 0.3) is 0 Å². The first-order valence-electron chi connectivity index (χ1n) is 3.35. The number of hydrogen-bond acceptors (Lipinski definition) is 2. The van der Waals surface area contributed by atoms with E-state index in [-0.39, 0.29) is 0 Å². The highest BCUT2D eigenvalue weighted by Crippen LogP contribution is 2.30. The Balaban J connectivity index is 3.02. The first-order valence-corrected chi connectivity index (χ1v) is 3.35. The van der Waals surface area contributed by atoms with Gasteiger partial charge in [0.2, 0.25) is 5.56 Å². The molecule has 1 aromatic rings. The second-order valence-electron chi connectivity index (χ2n) is 2.41. The molecule has 0 fully saturated rings. The van der Waals surface area contributed by atoms with Gasteiger partial charge >= 0.3 is 6.18 Å². The van der Waals surface area contributed by atoms with E-state index in [1.54, 1.807) is 0 Å². The molecule has 3 nitrogen and oxygen atoms in total. The van der Waals surface area contributed by atoms with Crippen molar-refractivity contribution in [3.63, 3.8) is 0 Å². The Bertz CT molecular complexity index is 344. The molecule has 1 atom stereocenters. The van der Waals surface area contributed by atoms with Crippen LogP contribution in [0.1, 0.15) is 11.8 Å². The minimum absolute atomic E-state index is 0.556. The van der Waals surface area contributed by atoms with Crippen molar-refractivity contribution in [2.75, 3.05) is 0 Å². The zero-order chi connectivity index (χ0) is 10.1. The number of alkyl halides is 3. The summed E-state index contributed by atoms with van der Waals surface area (Å²) in [6.45, 7) is 0. The van der Waals surface area contributed by atoms with Gasteiger partial charge < -0.3 is 10.1 Å². The van der Waals surface area contributed by atoms with Gasteiger partial charge in [-0.15, -0.1) is 0 Å². The Kier molecular flexibility index (Phi) is 2.42. The highest BCUT2D eigenvalue weighted by Gasteiger charge is 2.39. The molecule has 0 bridgehead atoms. The molecule has 0 amide bonds. The van der Waals surface area contributed by atoms with E-state index in [0.717, 1.165) is 18.2 Å². The van der Waals surface area contributed by atoms with Crippen LogP contribution in [-0.4, -0.2) is 16.3 Å². The monoisotopic (exact) mass is 193 g/mol. The van der Waals surface area contributed by atoms with Crippen molar-refractivity contribution in [3.05, 3.63) is 34.2 Å². The standard InChI is InChI=1S/C7H6F3NO2/c8-7(9,10)6(13)4-2-1-3-5(12)11-4/h1-3,6,13H,(H,11,12). The normalized spacial score (nSPS) is 14.2. The van der Waals surface area contributed by atoms with Crippen molar-refractivity contribution in [1.29, 1.82) is 0 Å². The number of pyridine rings is 1. The van der Waals surface area contributed by atoms with E-state index in [0.29, 0.717) is 0 Å². The van der Waals surface area contributed by atoms with Crippen LogP contribution in [-0.2, 0) is 0 Å². The van der Waals surface area contributed by atoms with E-state index < -0.39 is 23.5 Å². The van der Waals surface area contributed by atoms with Crippen LogP contribution in [0.15, 0.2) is 23.0 Å². The lowest BCUT2D eigenvalue weighted by Crippen LogP contribution is -2.23. The number of hydrogen-bond donors (Lipinski definition) is 2. The van der Waals surface area contributed by atoms with Gasteiger partial charge in [-0.3, -0.25) is 4.79 Å². The minimum atomic E-state index is -4.76. The topological polar surface area (TPSA) is 53.1 Å². The molecule has 0 aliphatic rings. The molecule has 0 spiro atoms. The third-order valence-electron chi connectivity index (χ3n) is 1.40. The molecule has 0 aliphatic heterocycles. The Morgan fingerprint density at radius 1 is 1.38 bits per heavy atom. The Labute approximate surface area is 70.8 Å². The van der Waals surface area contributed by atoms with Gasteiger partial charge in [0.15, 0.2) is 6.10 Å². The fourth-order valence-electron chi connectivity index (χ4n) is 0.801. The third-order valence-corrected chi connectivity index (χ3v) is 1.40. The summed E-state index contributed by atoms with van der Waals surface area (Å²) in [6.07, 6.45) is -7.40. The molecular weight excluding hydrogens is 187 g/mol. The van der Waals surface area contributed by atoms with Crippen molar-refractivity contribution in [2.24, 2.45) is 0 Å². The van der Waals surface area contributed by atoms with Gasteiger partial charge in [-0.25, -0.2) is 0 Å². The lowest BCUT2D eigenvalue weighted by atomic mass is 10.2. The maximum Gasteiger partial charge on any atom is 0.420 e. The summed E-state index contributed by atoms with van der Waals surface area (Å²) in [6, 6.07) is 3.20. The number of aromatic amines is 1. The van der Waals surface area contributed by atoms with Gasteiger partial charge in [-0.2, -0.15) is 13.2 Å². The summed E-state index contributed by atoms with van der Waals surface area (Å²) in [5.74, 6) is 0. The first-order chi connectivity index (χ1) is 5.91. The molecular formula is C7H6F3NO2. The molecule has 72 valence electrons. The zero-order valence-electron chi connectivity index (χ0n) is 6.30. The van der Waals surface area contributed by atoms with Crippen LogP contribution in [0, 0.1) is 0 Å². The third kappa shape index (κ3) is 2.32. The average Bonchev–Trinajstić information content (AvgIpc) is 2.01. The Morgan fingerprint density at radius 3 is 2.46 bits per heavy atom. The van der Waals surface area contributed by atoms with Crippen LogP contribution >= 0.6 is 0 Å². The smallest absolute Gasteiger partial charge is 0.378 e. The fourth-order valence-corrected chi connectivity index (χ4v) is 0.801. The molecule has 0 aromatic carbocycles. The highest BCUT2D eigenvalue weighted by atomic mass is 19.4. The Morgan fingerprint density at radius 2 is 2.00 bits per heavy atom. The molecule has 1 rings (SSSR count). The molecule has 6 heteroatoms. The number of rotatable bonds is 1. The van der Waals surface area contributed by atoms with E-state index in [1.165, 1.54) is 0 Å². The van der Waals surface area contributed by atoms with Crippen molar-refractivity contribution < 1.29 is 18.3 Å². The quantitative estimate of drug-likeness (QED) is 0.698. The second-order valence-corrected chi connectivity index (χ2v) is 2.41. The van der Waals surface area contributed by atoms with Gasteiger partial charge in [-0.1, -0.05) is 6.07 Å². The van der Waals surface area contributed by atoms with Crippen LogP contribution < -0.4 is 5.56 Å². The van der Waals surface area contributed by atoms with Crippen LogP contribution in [0.2, 0.25) is 0 Å². The lowest BCUT2D eigenvalue weighted by Gasteiger charge is -2.13. The summed E-state index contributed by atoms with van der Waals surface area (Å²) >= 11 is 0. The van der Waals surface area contributed by atoms with E-state index in [4.69, 9.17) is 5.11 Å². The van der Waals surface area contributed by atoms with Gasteiger partial charge in [0.05, 0.1) is 5.69 Å². The molecule has 0 radical (unpaired) electrons. The maximum atomic E-state index is 11.9. The van der Waals surface area contributed by atoms with Gasteiger partial charge in [0.25, 0.3) is 0 Å². The molecule has 0 saturated carbocycles. The highest BCUT2D eigenvalue weighted by molar-refractivity contribution is 5.08. The van der Waals surface area contributed by atoms with E-state index in [1.807, 2.05) is 4.98 Å². The van der Waals surface area contributed by atoms with E-state index in [2.05, 4.69) is 0 Å². The van der Waals surface area contributed by atoms with Gasteiger partial charge in [0.1, 0.15) is 0 Å². The lowest BCUT2D eigenvalue weighted by molar-refractivity contribution is -0.208. The number of aliphatic hydroxyl groups excluding tert-OH is 1. The van der Waals surface area contributed by atoms with Gasteiger partial charge in [0, 0.05) is 6.07 Å². The van der Waals surface area contributed by atoms with Gasteiger partial charge in [-0.05, 0) is 6.07 Å². The second kappa shape index (κ2) is 3.21. The summed E-state index contributed by atoms with van der Waals surface area (Å²) in [4.78, 5) is 12.5. The molecule has 1 aromatic heterocycles. The predicted octanol–water partition coefficient (Wildman–Crippen LogP) is 0.971. The molecule has 1 heterocycles. The number of aliphatic hydroxyl groups is 1. The number of nitrogens with one attached hydrogen (secondary N) is 1. The van der Waals surface area contributed by atoms with Crippen molar-refractivity contribution >= 4 is 0 Å². The Hall–Kier alpha value is -1.30. The van der Waals surface area contributed by atoms with Crippen molar-refractivity contribution in [1.82, 2.24) is 4.98 Å². The average molecular weight is 193 g/mol. The molecule has 13 heavy (non-hydrogen) atoms. The van der Waals surface area contributed by atoms with E-state index >= 15 is 0 Å². The molecule has 0 aliphatic carbocycles. The van der Waals surface area contributed by atoms with Crippen LogP contribution in [0.4, 0.5) is 13.2 Å². The van der Waals surface area contributed by atoms with Crippen molar-refractivity contribution in [2.45, 2.75) is 12.3 Å². The predicted molar refractivity (Wildman–Crippen MR) is 38.1 cm³/mol. The summed E-state index contributed by atoms with van der Waals surface area (Å²) in [5, 5.41) is 8.69. The largest absolute Gasteiger partial charge is 0.420 e. The van der Waals surface area contributed by atoms with Crippen molar-refractivity contribution in [3.8, 4) is 0 Å². The fraction of sp³-hybridized carbons (Fsp3) is 0.286. The summed E-state index contributed by atoms with van der Waals surface area (Å²) < 4.78 is 35.7. The molecule has 2 N–H and O–H groups in total. The summed E-state index contributed by atoms with van der Waals surface area (Å²) in [5.41, 5.74) is -1.24. The number of aromatic nitrogens is 1. The zero-order valence-corrected chi connectivity index (χ0v) is 6.30. The van der Waals surface area contributed by atoms with Crippen LogP contribution in [0.5, 0.6) is 0 Å².